The minimum Gasteiger partial charge on any atom is -0.397 e. The molecule has 3 unspecified atom stereocenters. The summed E-state index contributed by atoms with van der Waals surface area (Å²) in [5.74, 6) is 1.13. The Morgan fingerprint density at radius 1 is 1.35 bits per heavy atom. The second kappa shape index (κ2) is 5.00. The Hall–Kier alpha value is -0.520. The molecule has 2 rings (SSSR count). The lowest BCUT2D eigenvalue weighted by Gasteiger charge is -2.22. The van der Waals surface area contributed by atoms with Crippen molar-refractivity contribution in [2.24, 2.45) is 11.8 Å². The highest BCUT2D eigenvalue weighted by Gasteiger charge is 2.29. The van der Waals surface area contributed by atoms with E-state index >= 15 is 0 Å². The van der Waals surface area contributed by atoms with Crippen molar-refractivity contribution in [1.82, 2.24) is 0 Å². The minimum atomic E-state index is -0.207. The molecule has 0 aromatic heterocycles. The van der Waals surface area contributed by atoms with Gasteiger partial charge in [0.1, 0.15) is 5.82 Å². The molecular formula is C13H18FIN2. The number of nitrogens with two attached hydrogens (primary N) is 1. The molecule has 0 amide bonds. The van der Waals surface area contributed by atoms with Crippen LogP contribution in [0.15, 0.2) is 12.1 Å². The quantitative estimate of drug-likeness (QED) is 0.629. The van der Waals surface area contributed by atoms with Gasteiger partial charge in [-0.05, 0) is 53.3 Å². The Labute approximate surface area is 115 Å². The maximum atomic E-state index is 13.5. The van der Waals surface area contributed by atoms with Crippen molar-refractivity contribution in [3.8, 4) is 0 Å². The van der Waals surface area contributed by atoms with Gasteiger partial charge in [-0.15, -0.1) is 0 Å². The van der Waals surface area contributed by atoms with Gasteiger partial charge in [-0.1, -0.05) is 13.8 Å². The molecule has 1 aromatic rings. The molecular weight excluding hydrogens is 330 g/mol. The lowest BCUT2D eigenvalue weighted by atomic mass is 9.97. The van der Waals surface area contributed by atoms with Crippen LogP contribution in [-0.4, -0.2) is 6.04 Å². The molecule has 0 heterocycles. The zero-order valence-corrected chi connectivity index (χ0v) is 12.3. The summed E-state index contributed by atoms with van der Waals surface area (Å²) in [5.41, 5.74) is 7.27. The van der Waals surface area contributed by atoms with Crippen LogP contribution in [-0.2, 0) is 0 Å². The van der Waals surface area contributed by atoms with Crippen LogP contribution in [0.1, 0.15) is 26.7 Å². The van der Waals surface area contributed by atoms with Crippen LogP contribution in [0, 0.1) is 21.2 Å². The summed E-state index contributed by atoms with van der Waals surface area (Å²) in [7, 11) is 0. The van der Waals surface area contributed by atoms with Crippen molar-refractivity contribution < 1.29 is 4.39 Å². The van der Waals surface area contributed by atoms with Crippen molar-refractivity contribution in [2.45, 2.75) is 32.7 Å². The highest BCUT2D eigenvalue weighted by molar-refractivity contribution is 14.1. The van der Waals surface area contributed by atoms with E-state index in [2.05, 4.69) is 19.2 Å². The van der Waals surface area contributed by atoms with Gasteiger partial charge in [0.15, 0.2) is 0 Å². The van der Waals surface area contributed by atoms with E-state index in [1.165, 1.54) is 12.5 Å². The fourth-order valence-electron chi connectivity index (χ4n) is 2.46. The van der Waals surface area contributed by atoms with Crippen LogP contribution in [0.4, 0.5) is 15.8 Å². The van der Waals surface area contributed by atoms with Crippen molar-refractivity contribution in [1.29, 1.82) is 0 Å². The fourth-order valence-corrected chi connectivity index (χ4v) is 2.95. The molecule has 3 atom stereocenters. The number of anilines is 2. The molecule has 0 spiro atoms. The summed E-state index contributed by atoms with van der Waals surface area (Å²) in [6.07, 6.45) is 2.36. The highest BCUT2D eigenvalue weighted by atomic mass is 127. The van der Waals surface area contributed by atoms with Crippen LogP contribution in [0.25, 0.3) is 0 Å². The summed E-state index contributed by atoms with van der Waals surface area (Å²) >= 11 is 1.96. The van der Waals surface area contributed by atoms with Crippen molar-refractivity contribution in [2.75, 3.05) is 11.1 Å². The SMILES string of the molecule is CC1CCC(Nc2cc(F)c(I)cc2N)C1C. The number of nitrogens with one attached hydrogen (secondary N) is 1. The number of benzene rings is 1. The number of nitrogen functional groups attached to an aromatic ring is 1. The van der Waals surface area contributed by atoms with E-state index in [1.807, 2.05) is 22.6 Å². The monoisotopic (exact) mass is 348 g/mol. The Morgan fingerprint density at radius 3 is 2.65 bits per heavy atom. The van der Waals surface area contributed by atoms with Gasteiger partial charge in [-0.25, -0.2) is 4.39 Å². The number of hydrogen-bond donors (Lipinski definition) is 2. The average Bonchev–Trinajstić information content (AvgIpc) is 2.58. The highest BCUT2D eigenvalue weighted by Crippen LogP contribution is 2.35. The Morgan fingerprint density at radius 2 is 2.06 bits per heavy atom. The lowest BCUT2D eigenvalue weighted by molar-refractivity contribution is 0.435. The number of rotatable bonds is 2. The maximum absolute atomic E-state index is 13.5. The van der Waals surface area contributed by atoms with Gasteiger partial charge in [0, 0.05) is 12.1 Å². The maximum Gasteiger partial charge on any atom is 0.138 e. The average molecular weight is 348 g/mol. The van der Waals surface area contributed by atoms with Crippen LogP contribution in [0.5, 0.6) is 0 Å². The molecule has 1 saturated carbocycles. The third kappa shape index (κ3) is 2.67. The van der Waals surface area contributed by atoms with Crippen LogP contribution in [0.2, 0.25) is 0 Å². The van der Waals surface area contributed by atoms with E-state index in [0.717, 1.165) is 18.0 Å². The lowest BCUT2D eigenvalue weighted by Crippen LogP contribution is -2.24. The van der Waals surface area contributed by atoms with E-state index in [-0.39, 0.29) is 5.82 Å². The predicted molar refractivity (Wildman–Crippen MR) is 78.5 cm³/mol. The zero-order chi connectivity index (χ0) is 12.6. The molecule has 0 bridgehead atoms. The Kier molecular flexibility index (Phi) is 3.80. The molecule has 0 saturated heterocycles. The topological polar surface area (TPSA) is 38.0 Å². The van der Waals surface area contributed by atoms with Crippen LogP contribution < -0.4 is 11.1 Å². The summed E-state index contributed by atoms with van der Waals surface area (Å²) in [6, 6.07) is 3.60. The zero-order valence-electron chi connectivity index (χ0n) is 10.1. The van der Waals surface area contributed by atoms with E-state index in [0.29, 0.717) is 21.2 Å². The van der Waals surface area contributed by atoms with Crippen molar-refractivity contribution >= 4 is 34.0 Å². The van der Waals surface area contributed by atoms with Gasteiger partial charge >= 0.3 is 0 Å². The first-order valence-electron chi connectivity index (χ1n) is 6.00. The summed E-state index contributed by atoms with van der Waals surface area (Å²) in [6.45, 7) is 4.51. The molecule has 1 fully saturated rings. The molecule has 4 heteroatoms. The van der Waals surface area contributed by atoms with Crippen LogP contribution in [0.3, 0.4) is 0 Å². The Bertz CT molecular complexity index is 422. The normalized spacial score (nSPS) is 28.4. The van der Waals surface area contributed by atoms with E-state index in [9.17, 15) is 4.39 Å². The second-order valence-electron chi connectivity index (χ2n) is 5.02. The Balaban J connectivity index is 2.16. The van der Waals surface area contributed by atoms with Gasteiger partial charge in [0.05, 0.1) is 14.9 Å². The first-order valence-corrected chi connectivity index (χ1v) is 7.08. The standard InChI is InChI=1S/C13H18FIN2/c1-7-3-4-12(8(7)2)17-13-5-9(14)10(15)6-11(13)16/h5-8,12,17H,3-4,16H2,1-2H3. The first kappa shape index (κ1) is 12.9. The van der Waals surface area contributed by atoms with Gasteiger partial charge in [-0.2, -0.15) is 0 Å². The van der Waals surface area contributed by atoms with Crippen molar-refractivity contribution in [3.63, 3.8) is 0 Å². The second-order valence-corrected chi connectivity index (χ2v) is 6.18. The van der Waals surface area contributed by atoms with Gasteiger partial charge in [0.2, 0.25) is 0 Å². The molecule has 1 aromatic carbocycles. The minimum absolute atomic E-state index is 0.207. The third-order valence-electron chi connectivity index (χ3n) is 3.90. The third-order valence-corrected chi connectivity index (χ3v) is 4.73. The predicted octanol–water partition coefficient (Wildman–Crippen LogP) is 3.86. The molecule has 0 radical (unpaired) electrons. The first-order chi connectivity index (χ1) is 7.99. The van der Waals surface area contributed by atoms with Gasteiger partial charge in [-0.3, -0.25) is 0 Å². The molecule has 17 heavy (non-hydrogen) atoms. The fraction of sp³-hybridized carbons (Fsp3) is 0.538. The van der Waals surface area contributed by atoms with Gasteiger partial charge < -0.3 is 11.1 Å². The smallest absolute Gasteiger partial charge is 0.138 e. The largest absolute Gasteiger partial charge is 0.397 e. The molecule has 3 N–H and O–H groups in total. The summed E-state index contributed by atoms with van der Waals surface area (Å²) < 4.78 is 14.1. The number of hydrogen-bond acceptors (Lipinski definition) is 2. The van der Waals surface area contributed by atoms with E-state index < -0.39 is 0 Å². The molecule has 1 aliphatic carbocycles. The van der Waals surface area contributed by atoms with E-state index in [1.54, 1.807) is 6.07 Å². The van der Waals surface area contributed by atoms with Gasteiger partial charge in [0.25, 0.3) is 0 Å². The van der Waals surface area contributed by atoms with E-state index in [4.69, 9.17) is 5.73 Å². The summed E-state index contributed by atoms with van der Waals surface area (Å²) in [5, 5.41) is 3.39. The summed E-state index contributed by atoms with van der Waals surface area (Å²) in [4.78, 5) is 0. The molecule has 1 aliphatic rings. The molecule has 2 nitrogen and oxygen atoms in total. The van der Waals surface area contributed by atoms with Crippen molar-refractivity contribution in [3.05, 3.63) is 21.5 Å². The van der Waals surface area contributed by atoms with Crippen LogP contribution >= 0.6 is 22.6 Å². The molecule has 94 valence electrons. The molecule has 0 aliphatic heterocycles. The number of halogens is 2.